The van der Waals surface area contributed by atoms with Crippen LogP contribution >= 0.6 is 0 Å². The van der Waals surface area contributed by atoms with Crippen LogP contribution in [0.4, 0.5) is 0 Å². The molecule has 1 aliphatic rings. The molecular formula is C20H24. The number of hydrogen-bond acceptors (Lipinski definition) is 0. The predicted octanol–water partition coefficient (Wildman–Crippen LogP) is 6.01. The Balaban J connectivity index is 3.57. The van der Waals surface area contributed by atoms with E-state index in [1.54, 1.807) is 0 Å². The van der Waals surface area contributed by atoms with E-state index in [9.17, 15) is 0 Å². The van der Waals surface area contributed by atoms with E-state index in [-0.39, 0.29) is 0 Å². The third kappa shape index (κ3) is 3.96. The summed E-state index contributed by atoms with van der Waals surface area (Å²) in [4.78, 5) is 0. The fraction of sp³-hybridized carbons (Fsp3) is 0.200. The van der Waals surface area contributed by atoms with Gasteiger partial charge in [0.2, 0.25) is 0 Å². The maximum Gasteiger partial charge on any atom is -0.0221 e. The monoisotopic (exact) mass is 264 g/mol. The summed E-state index contributed by atoms with van der Waals surface area (Å²) in [6.45, 7) is 24.3. The van der Waals surface area contributed by atoms with Gasteiger partial charge in [0.25, 0.3) is 0 Å². The summed E-state index contributed by atoms with van der Waals surface area (Å²) < 4.78 is 0. The van der Waals surface area contributed by atoms with E-state index in [1.807, 2.05) is 27.7 Å². The van der Waals surface area contributed by atoms with E-state index < -0.39 is 0 Å². The van der Waals surface area contributed by atoms with Crippen LogP contribution in [0, 0.1) is 0 Å². The van der Waals surface area contributed by atoms with Gasteiger partial charge in [-0.25, -0.2) is 0 Å². The number of rotatable bonds is 4. The molecule has 0 unspecified atom stereocenters. The molecule has 1 aliphatic carbocycles. The van der Waals surface area contributed by atoms with E-state index in [4.69, 9.17) is 0 Å². The molecule has 0 saturated heterocycles. The van der Waals surface area contributed by atoms with Crippen molar-refractivity contribution in [1.82, 2.24) is 0 Å². The molecule has 0 radical (unpaired) electrons. The van der Waals surface area contributed by atoms with Crippen molar-refractivity contribution in [1.29, 1.82) is 0 Å². The van der Waals surface area contributed by atoms with E-state index in [1.165, 1.54) is 0 Å². The van der Waals surface area contributed by atoms with Crippen molar-refractivity contribution in [3.63, 3.8) is 0 Å². The van der Waals surface area contributed by atoms with Gasteiger partial charge in [-0.2, -0.15) is 0 Å². The first-order valence-corrected chi connectivity index (χ1v) is 6.72. The topological polar surface area (TPSA) is 0 Å². The van der Waals surface area contributed by atoms with E-state index in [2.05, 4.69) is 50.6 Å². The first-order chi connectivity index (χ1) is 9.22. The lowest BCUT2D eigenvalue weighted by Crippen LogP contribution is -1.95. The second kappa shape index (κ2) is 6.38. The standard InChI is InChI=1S/C20H24/c1-13(2)17-9-18(14(3)4)11-20(16(7)8)12-19(10-17)15(5)6/h9-12H,1,3,5,7H2,2,4,6,8H3. The lowest BCUT2D eigenvalue weighted by atomic mass is 9.91. The van der Waals surface area contributed by atoms with Gasteiger partial charge in [-0.1, -0.05) is 48.6 Å². The zero-order valence-corrected chi connectivity index (χ0v) is 13.1. The molecule has 0 aromatic carbocycles. The van der Waals surface area contributed by atoms with E-state index in [0.717, 1.165) is 44.6 Å². The van der Waals surface area contributed by atoms with Gasteiger partial charge < -0.3 is 0 Å². The van der Waals surface area contributed by atoms with Gasteiger partial charge in [0.1, 0.15) is 0 Å². The Kier molecular flexibility index (Phi) is 5.10. The van der Waals surface area contributed by atoms with Crippen LogP contribution in [0.15, 0.2) is 95.2 Å². The highest BCUT2D eigenvalue weighted by atomic mass is 14.1. The van der Waals surface area contributed by atoms with Crippen LogP contribution in [0.2, 0.25) is 0 Å². The highest BCUT2D eigenvalue weighted by Gasteiger charge is 2.08. The fourth-order valence-electron chi connectivity index (χ4n) is 1.82. The van der Waals surface area contributed by atoms with Crippen molar-refractivity contribution in [3.8, 4) is 0 Å². The van der Waals surface area contributed by atoms with Crippen LogP contribution in [0.5, 0.6) is 0 Å². The Bertz CT molecular complexity index is 487. The van der Waals surface area contributed by atoms with Crippen molar-refractivity contribution >= 4 is 0 Å². The summed E-state index contributed by atoms with van der Waals surface area (Å²) in [5.74, 6) is 0. The molecule has 104 valence electrons. The van der Waals surface area contributed by atoms with E-state index >= 15 is 0 Å². The highest BCUT2D eigenvalue weighted by molar-refractivity contribution is 5.60. The van der Waals surface area contributed by atoms with Gasteiger partial charge in [-0.3, -0.25) is 0 Å². The van der Waals surface area contributed by atoms with Crippen molar-refractivity contribution in [2.24, 2.45) is 0 Å². The molecule has 0 spiro atoms. The number of hydrogen-bond donors (Lipinski definition) is 0. The summed E-state index contributed by atoms with van der Waals surface area (Å²) >= 11 is 0. The predicted molar refractivity (Wildman–Crippen MR) is 91.6 cm³/mol. The Labute approximate surface area is 123 Å². The first kappa shape index (κ1) is 16.0. The maximum atomic E-state index is 4.06. The minimum absolute atomic E-state index is 1.03. The summed E-state index contributed by atoms with van der Waals surface area (Å²) in [7, 11) is 0. The lowest BCUT2D eigenvalue weighted by Gasteiger charge is -2.14. The lowest BCUT2D eigenvalue weighted by molar-refractivity contribution is 1.31. The minimum Gasteiger partial charge on any atom is -0.0955 e. The highest BCUT2D eigenvalue weighted by Crippen LogP contribution is 2.27. The van der Waals surface area contributed by atoms with Gasteiger partial charge in [0.15, 0.2) is 0 Å². The van der Waals surface area contributed by atoms with Gasteiger partial charge >= 0.3 is 0 Å². The Morgan fingerprint density at radius 2 is 0.650 bits per heavy atom. The molecule has 0 aromatic rings. The zero-order chi connectivity index (χ0) is 15.4. The second-order valence-corrected chi connectivity index (χ2v) is 5.52. The maximum absolute atomic E-state index is 4.06. The number of allylic oxidation sites excluding steroid dienone is 12. The molecule has 0 aliphatic heterocycles. The van der Waals surface area contributed by atoms with Crippen LogP contribution in [0.1, 0.15) is 27.7 Å². The molecule has 0 atom stereocenters. The molecule has 0 N–H and O–H groups in total. The normalized spacial score (nSPS) is 15.0. The van der Waals surface area contributed by atoms with Crippen LogP contribution < -0.4 is 0 Å². The zero-order valence-electron chi connectivity index (χ0n) is 13.1. The summed E-state index contributed by atoms with van der Waals surface area (Å²) in [6.07, 6.45) is 8.51. The van der Waals surface area contributed by atoms with Gasteiger partial charge in [0.05, 0.1) is 0 Å². The van der Waals surface area contributed by atoms with Gasteiger partial charge in [0, 0.05) is 0 Å². The van der Waals surface area contributed by atoms with Gasteiger partial charge in [-0.15, -0.1) is 0 Å². The summed E-state index contributed by atoms with van der Waals surface area (Å²) in [5.41, 5.74) is 8.55. The smallest absolute Gasteiger partial charge is 0.0221 e. The first-order valence-electron chi connectivity index (χ1n) is 6.72. The van der Waals surface area contributed by atoms with Crippen molar-refractivity contribution in [3.05, 3.63) is 95.2 Å². The Hall–Kier alpha value is -2.08. The minimum atomic E-state index is 1.03. The van der Waals surface area contributed by atoms with E-state index in [0.29, 0.717) is 0 Å². The molecule has 0 heterocycles. The summed E-state index contributed by atoms with van der Waals surface area (Å²) in [6, 6.07) is 0. The molecule has 0 bridgehead atoms. The molecule has 0 aromatic heterocycles. The third-order valence-electron chi connectivity index (χ3n) is 3.22. The van der Waals surface area contributed by atoms with Crippen molar-refractivity contribution < 1.29 is 0 Å². The molecular weight excluding hydrogens is 240 g/mol. The molecule has 0 amide bonds. The fourth-order valence-corrected chi connectivity index (χ4v) is 1.82. The average molecular weight is 264 g/mol. The third-order valence-corrected chi connectivity index (χ3v) is 3.22. The molecule has 0 heteroatoms. The van der Waals surface area contributed by atoms with Crippen LogP contribution in [-0.2, 0) is 0 Å². The van der Waals surface area contributed by atoms with Crippen molar-refractivity contribution in [2.75, 3.05) is 0 Å². The molecule has 20 heavy (non-hydrogen) atoms. The van der Waals surface area contributed by atoms with Crippen LogP contribution in [-0.4, -0.2) is 0 Å². The molecule has 0 nitrogen and oxygen atoms in total. The Morgan fingerprint density at radius 1 is 0.500 bits per heavy atom. The van der Waals surface area contributed by atoms with Crippen LogP contribution in [0.3, 0.4) is 0 Å². The quantitative estimate of drug-likeness (QED) is 0.583. The van der Waals surface area contributed by atoms with Gasteiger partial charge in [-0.05, 0) is 74.3 Å². The average Bonchev–Trinajstić information content (AvgIpc) is 2.26. The summed E-state index contributed by atoms with van der Waals surface area (Å²) in [5, 5.41) is 0. The SMILES string of the molecule is C=C(C)C1=CC(C(=C)C)=CC(C(=C)C)=CC(C(=C)C)=C1. The largest absolute Gasteiger partial charge is 0.0955 e. The molecule has 0 fully saturated rings. The van der Waals surface area contributed by atoms with Crippen molar-refractivity contribution in [2.45, 2.75) is 27.7 Å². The molecule has 0 saturated carbocycles. The molecule has 1 rings (SSSR count). The Morgan fingerprint density at radius 3 is 0.750 bits per heavy atom. The second-order valence-electron chi connectivity index (χ2n) is 5.52. The van der Waals surface area contributed by atoms with Crippen LogP contribution in [0.25, 0.3) is 0 Å².